The first kappa shape index (κ1) is 19.0. The van der Waals surface area contributed by atoms with Crippen LogP contribution in [0.1, 0.15) is 40.5 Å². The van der Waals surface area contributed by atoms with Crippen LogP contribution < -0.4 is 5.32 Å². The van der Waals surface area contributed by atoms with Crippen LogP contribution in [0.3, 0.4) is 0 Å². The number of allylic oxidation sites excluding steroid dienone is 1. The molecule has 0 radical (unpaired) electrons. The van der Waals surface area contributed by atoms with Gasteiger partial charge < -0.3 is 19.9 Å². The Hall–Kier alpha value is -2.05. The van der Waals surface area contributed by atoms with Crippen molar-refractivity contribution in [2.45, 2.75) is 52.2 Å². The zero-order chi connectivity index (χ0) is 17.6. The minimum atomic E-state index is -1.19. The molecule has 0 aromatic carbocycles. The van der Waals surface area contributed by atoms with Crippen molar-refractivity contribution in [2.24, 2.45) is 11.8 Å². The van der Waals surface area contributed by atoms with Crippen LogP contribution in [0, 0.1) is 11.8 Å². The van der Waals surface area contributed by atoms with Crippen molar-refractivity contribution in [3.63, 3.8) is 0 Å². The number of amides is 1. The molecule has 1 aliphatic rings. The Bertz CT molecular complexity index is 479. The molecule has 7 heteroatoms. The fourth-order valence-electron chi connectivity index (χ4n) is 2.36. The van der Waals surface area contributed by atoms with Gasteiger partial charge in [0.2, 0.25) is 0 Å². The van der Waals surface area contributed by atoms with E-state index < -0.39 is 29.6 Å². The standard InChI is InChI=1S/C16H25NO6/c1-5-22-14(20)12(13(18)19)9-10-6-7-11(8-10)17-15(21)23-16(2,3)4/h6-7,10-12H,5,8-9H2,1-4H3,(H,17,21)(H,18,19)/t10-,11+,12?/m0/s1. The van der Waals surface area contributed by atoms with Crippen LogP contribution >= 0.6 is 0 Å². The number of nitrogens with one attached hydrogen (secondary N) is 1. The molecule has 7 nitrogen and oxygen atoms in total. The van der Waals surface area contributed by atoms with Crippen molar-refractivity contribution >= 4 is 18.0 Å². The van der Waals surface area contributed by atoms with Gasteiger partial charge in [-0.25, -0.2) is 4.79 Å². The molecule has 0 bridgehead atoms. The smallest absolute Gasteiger partial charge is 0.408 e. The van der Waals surface area contributed by atoms with E-state index in [0.717, 1.165) is 0 Å². The zero-order valence-corrected chi connectivity index (χ0v) is 14.0. The molecule has 23 heavy (non-hydrogen) atoms. The average Bonchev–Trinajstić information content (AvgIpc) is 2.80. The van der Waals surface area contributed by atoms with Gasteiger partial charge in [0.05, 0.1) is 12.6 Å². The molecule has 3 atom stereocenters. The Labute approximate surface area is 136 Å². The van der Waals surface area contributed by atoms with Crippen LogP contribution in [0.2, 0.25) is 0 Å². The fourth-order valence-corrected chi connectivity index (χ4v) is 2.36. The normalized spacial score (nSPS) is 21.6. The molecule has 130 valence electrons. The van der Waals surface area contributed by atoms with Crippen LogP contribution in [0.25, 0.3) is 0 Å². The maximum absolute atomic E-state index is 11.7. The van der Waals surface area contributed by atoms with Gasteiger partial charge in [-0.2, -0.15) is 0 Å². The molecule has 0 spiro atoms. The second-order valence-corrected chi connectivity index (χ2v) is 6.51. The van der Waals surface area contributed by atoms with Crippen LogP contribution in [-0.2, 0) is 19.1 Å². The summed E-state index contributed by atoms with van der Waals surface area (Å²) in [4.78, 5) is 34.6. The molecular weight excluding hydrogens is 302 g/mol. The molecule has 1 aliphatic carbocycles. The number of ether oxygens (including phenoxy) is 2. The number of alkyl carbamates (subject to hydrolysis) is 1. The van der Waals surface area contributed by atoms with E-state index in [4.69, 9.17) is 14.6 Å². The van der Waals surface area contributed by atoms with E-state index in [1.54, 1.807) is 33.8 Å². The largest absolute Gasteiger partial charge is 0.481 e. The zero-order valence-electron chi connectivity index (χ0n) is 14.0. The van der Waals surface area contributed by atoms with Crippen LogP contribution in [0.15, 0.2) is 12.2 Å². The number of aliphatic carboxylic acids is 1. The molecule has 1 amide bonds. The predicted molar refractivity (Wildman–Crippen MR) is 82.8 cm³/mol. The van der Waals surface area contributed by atoms with E-state index >= 15 is 0 Å². The third-order valence-corrected chi connectivity index (χ3v) is 3.28. The Morgan fingerprint density at radius 1 is 1.30 bits per heavy atom. The Morgan fingerprint density at radius 2 is 1.96 bits per heavy atom. The number of rotatable bonds is 6. The SMILES string of the molecule is CCOC(=O)C(C[C@H]1C=C[C@@H](NC(=O)OC(C)(C)C)C1)C(=O)O. The Morgan fingerprint density at radius 3 is 2.48 bits per heavy atom. The number of esters is 1. The molecule has 0 saturated heterocycles. The van der Waals surface area contributed by atoms with E-state index in [0.29, 0.717) is 6.42 Å². The molecule has 1 rings (SSSR count). The average molecular weight is 327 g/mol. The lowest BCUT2D eigenvalue weighted by atomic mass is 9.93. The van der Waals surface area contributed by atoms with Crippen molar-refractivity contribution in [3.05, 3.63) is 12.2 Å². The van der Waals surface area contributed by atoms with Gasteiger partial charge in [-0.15, -0.1) is 0 Å². The molecule has 0 saturated carbocycles. The first-order valence-electron chi connectivity index (χ1n) is 7.69. The lowest BCUT2D eigenvalue weighted by molar-refractivity contribution is -0.159. The Kier molecular flexibility index (Phi) is 6.60. The topological polar surface area (TPSA) is 102 Å². The third-order valence-electron chi connectivity index (χ3n) is 3.28. The summed E-state index contributed by atoms with van der Waals surface area (Å²) in [5.41, 5.74) is -0.579. The summed E-state index contributed by atoms with van der Waals surface area (Å²) in [6.07, 6.45) is 3.77. The Balaban J connectivity index is 2.50. The quantitative estimate of drug-likeness (QED) is 0.440. The van der Waals surface area contributed by atoms with Gasteiger partial charge in [0.15, 0.2) is 5.92 Å². The van der Waals surface area contributed by atoms with Crippen LogP contribution in [0.5, 0.6) is 0 Å². The van der Waals surface area contributed by atoms with Crippen molar-refractivity contribution < 1.29 is 29.0 Å². The van der Waals surface area contributed by atoms with E-state index in [1.165, 1.54) is 0 Å². The van der Waals surface area contributed by atoms with Gasteiger partial charge in [0, 0.05) is 0 Å². The van der Waals surface area contributed by atoms with E-state index in [9.17, 15) is 14.4 Å². The number of hydrogen-bond donors (Lipinski definition) is 2. The van der Waals surface area contributed by atoms with Gasteiger partial charge in [-0.1, -0.05) is 12.2 Å². The summed E-state index contributed by atoms with van der Waals surface area (Å²) < 4.78 is 9.96. The number of carbonyl (C=O) groups is 3. The maximum Gasteiger partial charge on any atom is 0.408 e. The summed E-state index contributed by atoms with van der Waals surface area (Å²) in [6, 6.07) is -0.230. The molecule has 0 heterocycles. The molecule has 2 N–H and O–H groups in total. The second kappa shape index (κ2) is 7.99. The van der Waals surface area contributed by atoms with Crippen molar-refractivity contribution in [2.75, 3.05) is 6.61 Å². The van der Waals surface area contributed by atoms with Crippen LogP contribution in [-0.4, -0.2) is 41.4 Å². The van der Waals surface area contributed by atoms with Gasteiger partial charge in [0.25, 0.3) is 0 Å². The molecule has 1 unspecified atom stereocenters. The van der Waals surface area contributed by atoms with Crippen LogP contribution in [0.4, 0.5) is 4.79 Å². The molecule has 0 fully saturated rings. The predicted octanol–water partition coefficient (Wildman–Crippen LogP) is 2.11. The molecular formula is C16H25NO6. The number of carbonyl (C=O) groups excluding carboxylic acids is 2. The van der Waals surface area contributed by atoms with Crippen molar-refractivity contribution in [1.29, 1.82) is 0 Å². The first-order valence-corrected chi connectivity index (χ1v) is 7.69. The van der Waals surface area contributed by atoms with Gasteiger partial charge in [-0.3, -0.25) is 9.59 Å². The molecule has 0 aromatic heterocycles. The van der Waals surface area contributed by atoms with Crippen molar-refractivity contribution in [3.8, 4) is 0 Å². The summed E-state index contributed by atoms with van der Waals surface area (Å²) in [5, 5.41) is 11.9. The van der Waals surface area contributed by atoms with E-state index in [-0.39, 0.29) is 25.0 Å². The number of carboxylic acid groups (broad SMARTS) is 1. The van der Waals surface area contributed by atoms with E-state index in [2.05, 4.69) is 5.32 Å². The van der Waals surface area contributed by atoms with Gasteiger partial charge >= 0.3 is 18.0 Å². The number of hydrogen-bond acceptors (Lipinski definition) is 5. The summed E-state index contributed by atoms with van der Waals surface area (Å²) in [6.45, 7) is 7.10. The lowest BCUT2D eigenvalue weighted by Crippen LogP contribution is -2.38. The molecule has 0 aromatic rings. The lowest BCUT2D eigenvalue weighted by Gasteiger charge is -2.22. The third kappa shape index (κ3) is 6.71. The number of carboxylic acids is 1. The highest BCUT2D eigenvalue weighted by molar-refractivity contribution is 5.93. The highest BCUT2D eigenvalue weighted by Gasteiger charge is 2.32. The maximum atomic E-state index is 11.7. The fraction of sp³-hybridized carbons (Fsp3) is 0.688. The van der Waals surface area contributed by atoms with Crippen molar-refractivity contribution in [1.82, 2.24) is 5.32 Å². The van der Waals surface area contributed by atoms with Gasteiger partial charge in [-0.05, 0) is 46.5 Å². The first-order chi connectivity index (χ1) is 10.6. The monoisotopic (exact) mass is 327 g/mol. The van der Waals surface area contributed by atoms with Gasteiger partial charge in [0.1, 0.15) is 5.60 Å². The summed E-state index contributed by atoms with van der Waals surface area (Å²) >= 11 is 0. The summed E-state index contributed by atoms with van der Waals surface area (Å²) in [5.74, 6) is -3.22. The highest BCUT2D eigenvalue weighted by atomic mass is 16.6. The minimum Gasteiger partial charge on any atom is -0.481 e. The van der Waals surface area contributed by atoms with E-state index in [1.807, 2.05) is 6.08 Å². The highest BCUT2D eigenvalue weighted by Crippen LogP contribution is 2.26. The molecule has 0 aliphatic heterocycles. The minimum absolute atomic E-state index is 0.111. The summed E-state index contributed by atoms with van der Waals surface area (Å²) in [7, 11) is 0. The second-order valence-electron chi connectivity index (χ2n) is 6.51.